The van der Waals surface area contributed by atoms with Gasteiger partial charge in [0, 0.05) is 26.2 Å². The molecule has 1 heterocycles. The fraction of sp³-hybridized carbons (Fsp3) is 0.588. The van der Waals surface area contributed by atoms with Crippen LogP contribution in [0.3, 0.4) is 0 Å². The zero-order valence-corrected chi connectivity index (χ0v) is 15.3. The van der Waals surface area contributed by atoms with Crippen molar-refractivity contribution < 1.29 is 18.3 Å². The lowest BCUT2D eigenvalue weighted by Crippen LogP contribution is -2.52. The molecule has 0 unspecified atom stereocenters. The molecule has 0 aliphatic carbocycles. The van der Waals surface area contributed by atoms with Crippen LogP contribution in [0.25, 0.3) is 0 Å². The van der Waals surface area contributed by atoms with Gasteiger partial charge in [0.1, 0.15) is 6.10 Å². The summed E-state index contributed by atoms with van der Waals surface area (Å²) in [4.78, 5) is 13.5. The zero-order chi connectivity index (χ0) is 17.9. The quantitative estimate of drug-likeness (QED) is 0.867. The lowest BCUT2D eigenvalue weighted by molar-refractivity contribution is -0.140. The Kier molecular flexibility index (Phi) is 6.01. The lowest BCUT2D eigenvalue weighted by atomic mass is 9.99. The maximum atomic E-state index is 12.7. The summed E-state index contributed by atoms with van der Waals surface area (Å²) in [7, 11) is -3.55. The first-order chi connectivity index (χ1) is 11.3. The molecule has 0 saturated carbocycles. The number of aliphatic hydroxyl groups is 1. The molecule has 134 valence electrons. The number of piperazine rings is 1. The van der Waals surface area contributed by atoms with E-state index in [1.807, 2.05) is 12.1 Å². The van der Waals surface area contributed by atoms with E-state index in [-0.39, 0.29) is 23.9 Å². The third-order valence-corrected chi connectivity index (χ3v) is 6.52. The summed E-state index contributed by atoms with van der Waals surface area (Å²) in [5, 5.41) is 9.34. The summed E-state index contributed by atoms with van der Waals surface area (Å²) in [5.41, 5.74) is 1.13. The Hall–Kier alpha value is -1.44. The number of sulfonamides is 1. The predicted molar refractivity (Wildman–Crippen MR) is 92.2 cm³/mol. The number of hydrogen-bond donors (Lipinski definition) is 1. The van der Waals surface area contributed by atoms with E-state index in [0.717, 1.165) is 12.0 Å². The van der Waals surface area contributed by atoms with Crippen molar-refractivity contribution in [2.45, 2.75) is 44.1 Å². The highest BCUT2D eigenvalue weighted by Gasteiger charge is 2.31. The first-order valence-corrected chi connectivity index (χ1v) is 9.78. The van der Waals surface area contributed by atoms with Crippen LogP contribution in [-0.2, 0) is 14.8 Å². The Morgan fingerprint density at radius 3 is 2.12 bits per heavy atom. The molecule has 0 radical (unpaired) electrons. The number of carbonyl (C=O) groups excluding carboxylic acids is 1. The van der Waals surface area contributed by atoms with E-state index in [1.54, 1.807) is 12.1 Å². The highest BCUT2D eigenvalue weighted by Crippen LogP contribution is 2.23. The van der Waals surface area contributed by atoms with Gasteiger partial charge < -0.3 is 10.0 Å². The number of hydrogen-bond acceptors (Lipinski definition) is 4. The summed E-state index contributed by atoms with van der Waals surface area (Å²) < 4.78 is 26.8. The molecule has 1 aromatic rings. The van der Waals surface area contributed by atoms with E-state index in [2.05, 4.69) is 13.8 Å². The number of benzene rings is 1. The molecule has 1 aromatic carbocycles. The fourth-order valence-corrected chi connectivity index (χ4v) is 4.19. The van der Waals surface area contributed by atoms with Crippen LogP contribution in [0, 0.1) is 0 Å². The van der Waals surface area contributed by atoms with Gasteiger partial charge in [0.15, 0.2) is 0 Å². The van der Waals surface area contributed by atoms with E-state index in [4.69, 9.17) is 0 Å². The Bertz CT molecular complexity index is 662. The van der Waals surface area contributed by atoms with E-state index in [9.17, 15) is 18.3 Å². The molecule has 1 saturated heterocycles. The topological polar surface area (TPSA) is 77.9 Å². The second-order valence-electron chi connectivity index (χ2n) is 6.28. The summed E-state index contributed by atoms with van der Waals surface area (Å²) in [6, 6.07) is 7.05. The van der Waals surface area contributed by atoms with Crippen molar-refractivity contribution in [1.29, 1.82) is 0 Å². The van der Waals surface area contributed by atoms with Crippen LogP contribution >= 0.6 is 0 Å². The molecule has 0 bridgehead atoms. The van der Waals surface area contributed by atoms with Gasteiger partial charge in [-0.15, -0.1) is 0 Å². The number of nitrogens with zero attached hydrogens (tertiary/aromatic N) is 2. The molecule has 1 aliphatic heterocycles. The molecule has 0 aromatic heterocycles. The zero-order valence-electron chi connectivity index (χ0n) is 14.5. The van der Waals surface area contributed by atoms with Crippen LogP contribution in [-0.4, -0.2) is 60.9 Å². The Labute approximate surface area is 144 Å². The van der Waals surface area contributed by atoms with E-state index < -0.39 is 16.1 Å². The SMILES string of the molecule is CC[C@@H](C)c1ccc(S(=O)(=O)N2CCN(C(=O)[C@H](C)O)CC2)cc1. The normalized spacial score (nSPS) is 19.1. The van der Waals surface area contributed by atoms with Gasteiger partial charge in [-0.05, 0) is 37.0 Å². The molecule has 2 atom stereocenters. The highest BCUT2D eigenvalue weighted by molar-refractivity contribution is 7.89. The second kappa shape index (κ2) is 7.63. The van der Waals surface area contributed by atoms with Crippen LogP contribution in [0.15, 0.2) is 29.2 Å². The van der Waals surface area contributed by atoms with Crippen molar-refractivity contribution in [3.05, 3.63) is 29.8 Å². The third kappa shape index (κ3) is 3.96. The molecule has 24 heavy (non-hydrogen) atoms. The first-order valence-electron chi connectivity index (χ1n) is 8.34. The smallest absolute Gasteiger partial charge is 0.251 e. The van der Waals surface area contributed by atoms with Gasteiger partial charge in [-0.3, -0.25) is 4.79 Å². The number of amides is 1. The van der Waals surface area contributed by atoms with Gasteiger partial charge in [-0.25, -0.2) is 8.42 Å². The van der Waals surface area contributed by atoms with Gasteiger partial charge in [0.25, 0.3) is 5.91 Å². The van der Waals surface area contributed by atoms with Crippen molar-refractivity contribution in [3.63, 3.8) is 0 Å². The van der Waals surface area contributed by atoms with E-state index >= 15 is 0 Å². The van der Waals surface area contributed by atoms with Crippen molar-refractivity contribution in [3.8, 4) is 0 Å². The van der Waals surface area contributed by atoms with Gasteiger partial charge in [-0.2, -0.15) is 4.31 Å². The second-order valence-corrected chi connectivity index (χ2v) is 8.22. The molecular formula is C17H26N2O4S. The average Bonchev–Trinajstić information content (AvgIpc) is 2.60. The van der Waals surface area contributed by atoms with Gasteiger partial charge in [-0.1, -0.05) is 26.0 Å². The predicted octanol–water partition coefficient (Wildman–Crippen LogP) is 1.41. The van der Waals surface area contributed by atoms with Crippen molar-refractivity contribution in [2.24, 2.45) is 0 Å². The molecule has 6 nitrogen and oxygen atoms in total. The third-order valence-electron chi connectivity index (χ3n) is 4.61. The van der Waals surface area contributed by atoms with Gasteiger partial charge in [0.05, 0.1) is 4.90 Å². The average molecular weight is 354 g/mol. The Balaban J connectivity index is 2.08. The van der Waals surface area contributed by atoms with Crippen LogP contribution in [0.1, 0.15) is 38.7 Å². The molecule has 2 rings (SSSR count). The molecule has 1 aliphatic rings. The van der Waals surface area contributed by atoms with E-state index in [1.165, 1.54) is 16.1 Å². The number of aliphatic hydroxyl groups excluding tert-OH is 1. The first kappa shape index (κ1) is 18.9. The Morgan fingerprint density at radius 1 is 1.12 bits per heavy atom. The fourth-order valence-electron chi connectivity index (χ4n) is 2.77. The monoisotopic (exact) mass is 354 g/mol. The van der Waals surface area contributed by atoms with Crippen LogP contribution in [0.5, 0.6) is 0 Å². The Morgan fingerprint density at radius 2 is 1.67 bits per heavy atom. The van der Waals surface area contributed by atoms with Gasteiger partial charge in [0.2, 0.25) is 10.0 Å². The molecule has 0 spiro atoms. The lowest BCUT2D eigenvalue weighted by Gasteiger charge is -2.34. The summed E-state index contributed by atoms with van der Waals surface area (Å²) in [6.07, 6.45) is -0.0491. The summed E-state index contributed by atoms with van der Waals surface area (Å²) >= 11 is 0. The van der Waals surface area contributed by atoms with Gasteiger partial charge >= 0.3 is 0 Å². The molecule has 1 amide bonds. The van der Waals surface area contributed by atoms with Crippen LogP contribution in [0.4, 0.5) is 0 Å². The highest BCUT2D eigenvalue weighted by atomic mass is 32.2. The minimum absolute atomic E-state index is 0.244. The standard InChI is InChI=1S/C17H26N2O4S/c1-4-13(2)15-5-7-16(8-6-15)24(22,23)19-11-9-18(10-12-19)17(21)14(3)20/h5-8,13-14,20H,4,9-12H2,1-3H3/t13-,14+/m1/s1. The summed E-state index contributed by atoms with van der Waals surface area (Å²) in [6.45, 7) is 6.72. The van der Waals surface area contributed by atoms with Crippen LogP contribution in [0.2, 0.25) is 0 Å². The molecule has 1 N–H and O–H groups in total. The minimum Gasteiger partial charge on any atom is -0.384 e. The number of carbonyl (C=O) groups is 1. The maximum absolute atomic E-state index is 12.7. The molecule has 7 heteroatoms. The molecular weight excluding hydrogens is 328 g/mol. The summed E-state index contributed by atoms with van der Waals surface area (Å²) in [5.74, 6) is 0.0433. The van der Waals surface area contributed by atoms with Crippen LogP contribution < -0.4 is 0 Å². The van der Waals surface area contributed by atoms with Crippen molar-refractivity contribution in [2.75, 3.05) is 26.2 Å². The van der Waals surface area contributed by atoms with E-state index in [0.29, 0.717) is 19.0 Å². The van der Waals surface area contributed by atoms with Crippen molar-refractivity contribution >= 4 is 15.9 Å². The minimum atomic E-state index is -3.55. The largest absolute Gasteiger partial charge is 0.384 e. The number of rotatable bonds is 5. The van der Waals surface area contributed by atoms with Crippen molar-refractivity contribution in [1.82, 2.24) is 9.21 Å². The maximum Gasteiger partial charge on any atom is 0.251 e. The molecule has 1 fully saturated rings.